The zero-order chi connectivity index (χ0) is 22.3. The van der Waals surface area contributed by atoms with Crippen LogP contribution in [0.5, 0.6) is 0 Å². The van der Waals surface area contributed by atoms with E-state index in [0.29, 0.717) is 6.54 Å². The first-order valence-electron chi connectivity index (χ1n) is 11.1. The summed E-state index contributed by atoms with van der Waals surface area (Å²) in [7, 11) is 0. The van der Waals surface area contributed by atoms with Crippen molar-refractivity contribution in [3.8, 4) is 0 Å². The minimum atomic E-state index is -0.545. The molecule has 1 heterocycles. The second-order valence-electron chi connectivity index (χ2n) is 9.41. The Kier molecular flexibility index (Phi) is 4.97. The molecule has 0 saturated carbocycles. The van der Waals surface area contributed by atoms with Crippen LogP contribution in [0.1, 0.15) is 37.9 Å². The summed E-state index contributed by atoms with van der Waals surface area (Å²) in [5.41, 5.74) is 2.82. The van der Waals surface area contributed by atoms with Gasteiger partial charge in [-0.2, -0.15) is 0 Å². The second-order valence-corrected chi connectivity index (χ2v) is 9.41. The van der Waals surface area contributed by atoms with E-state index in [2.05, 4.69) is 78.9 Å². The molecular formula is C29H27NO2. The molecule has 1 atom stereocenters. The molecule has 4 aromatic rings. The summed E-state index contributed by atoms with van der Waals surface area (Å²) in [4.78, 5) is 15.0. The predicted octanol–water partition coefficient (Wildman–Crippen LogP) is 7.37. The number of amides is 1. The highest BCUT2D eigenvalue weighted by molar-refractivity contribution is 5.88. The SMILES string of the molecule is CC(C)(C)OC(=O)N1CC(c2ccc3ccccc3c2)=CC1c1ccc2ccccc2c1. The zero-order valence-electron chi connectivity index (χ0n) is 18.7. The lowest BCUT2D eigenvalue weighted by Crippen LogP contribution is -2.37. The Bertz CT molecular complexity index is 1350. The summed E-state index contributed by atoms with van der Waals surface area (Å²) in [6.45, 7) is 6.24. The third-order valence-corrected chi connectivity index (χ3v) is 5.90. The van der Waals surface area contributed by atoms with Crippen molar-refractivity contribution in [1.82, 2.24) is 4.90 Å². The van der Waals surface area contributed by atoms with Crippen LogP contribution < -0.4 is 0 Å². The lowest BCUT2D eigenvalue weighted by atomic mass is 9.99. The number of carbonyl (C=O) groups excluding carboxylic acids is 1. The van der Waals surface area contributed by atoms with Crippen molar-refractivity contribution in [1.29, 1.82) is 0 Å². The van der Waals surface area contributed by atoms with Crippen LogP contribution in [0.3, 0.4) is 0 Å². The smallest absolute Gasteiger partial charge is 0.411 e. The number of benzene rings is 4. The zero-order valence-corrected chi connectivity index (χ0v) is 18.7. The molecule has 4 aromatic carbocycles. The van der Waals surface area contributed by atoms with Crippen molar-refractivity contribution in [2.24, 2.45) is 0 Å². The molecule has 1 amide bonds. The fraction of sp³-hybridized carbons (Fsp3) is 0.207. The van der Waals surface area contributed by atoms with Gasteiger partial charge in [-0.3, -0.25) is 4.90 Å². The molecule has 3 heteroatoms. The maximum atomic E-state index is 13.2. The third kappa shape index (κ3) is 3.99. The van der Waals surface area contributed by atoms with E-state index in [1.807, 2.05) is 37.8 Å². The van der Waals surface area contributed by atoms with Gasteiger partial charge in [-0.1, -0.05) is 78.9 Å². The van der Waals surface area contributed by atoms with Crippen molar-refractivity contribution >= 4 is 33.2 Å². The van der Waals surface area contributed by atoms with Crippen molar-refractivity contribution < 1.29 is 9.53 Å². The summed E-state index contributed by atoms with van der Waals surface area (Å²) < 4.78 is 5.77. The molecule has 0 radical (unpaired) electrons. The van der Waals surface area contributed by atoms with E-state index in [9.17, 15) is 4.79 Å². The van der Waals surface area contributed by atoms with Gasteiger partial charge in [0.15, 0.2) is 0 Å². The number of fused-ring (bicyclic) bond motifs is 2. The van der Waals surface area contributed by atoms with Gasteiger partial charge >= 0.3 is 6.09 Å². The van der Waals surface area contributed by atoms with E-state index in [-0.39, 0.29) is 12.1 Å². The van der Waals surface area contributed by atoms with E-state index in [4.69, 9.17) is 4.74 Å². The van der Waals surface area contributed by atoms with E-state index in [0.717, 1.165) is 16.7 Å². The highest BCUT2D eigenvalue weighted by Gasteiger charge is 2.34. The Labute approximate surface area is 188 Å². The molecule has 3 nitrogen and oxygen atoms in total. The minimum Gasteiger partial charge on any atom is -0.444 e. The predicted molar refractivity (Wildman–Crippen MR) is 132 cm³/mol. The normalized spacial score (nSPS) is 16.4. The Morgan fingerprint density at radius 1 is 0.812 bits per heavy atom. The number of ether oxygens (including phenoxy) is 1. The van der Waals surface area contributed by atoms with Gasteiger partial charge in [0.1, 0.15) is 5.60 Å². The first-order valence-corrected chi connectivity index (χ1v) is 11.1. The molecule has 0 spiro atoms. The first-order chi connectivity index (χ1) is 15.4. The highest BCUT2D eigenvalue weighted by Crippen LogP contribution is 2.37. The fourth-order valence-electron chi connectivity index (χ4n) is 4.36. The molecule has 0 aromatic heterocycles. The largest absolute Gasteiger partial charge is 0.444 e. The van der Waals surface area contributed by atoms with E-state index in [1.54, 1.807) is 0 Å². The summed E-state index contributed by atoms with van der Waals surface area (Å²) in [5.74, 6) is 0. The molecule has 0 saturated heterocycles. The molecule has 0 fully saturated rings. The van der Waals surface area contributed by atoms with E-state index < -0.39 is 5.60 Å². The summed E-state index contributed by atoms with van der Waals surface area (Å²) in [6.07, 6.45) is 1.92. The molecule has 160 valence electrons. The van der Waals surface area contributed by atoms with Crippen LogP contribution in [0.4, 0.5) is 4.79 Å². The van der Waals surface area contributed by atoms with Crippen LogP contribution in [-0.4, -0.2) is 23.1 Å². The molecule has 0 bridgehead atoms. The highest BCUT2D eigenvalue weighted by atomic mass is 16.6. The van der Waals surface area contributed by atoms with Gasteiger partial charge in [0.05, 0.1) is 12.6 Å². The van der Waals surface area contributed by atoms with Crippen LogP contribution >= 0.6 is 0 Å². The van der Waals surface area contributed by atoms with Crippen LogP contribution in [0.15, 0.2) is 91.0 Å². The Balaban J connectivity index is 1.56. The van der Waals surface area contributed by atoms with Crippen molar-refractivity contribution in [2.45, 2.75) is 32.4 Å². The lowest BCUT2D eigenvalue weighted by Gasteiger charge is -2.29. The van der Waals surface area contributed by atoms with Crippen molar-refractivity contribution in [3.63, 3.8) is 0 Å². The topological polar surface area (TPSA) is 29.5 Å². The maximum Gasteiger partial charge on any atom is 0.411 e. The van der Waals surface area contributed by atoms with Crippen LogP contribution in [0, 0.1) is 0 Å². The van der Waals surface area contributed by atoms with Gasteiger partial charge in [-0.05, 0) is 71.1 Å². The molecule has 1 unspecified atom stereocenters. The average molecular weight is 422 g/mol. The van der Waals surface area contributed by atoms with Crippen LogP contribution in [-0.2, 0) is 4.74 Å². The Hall–Kier alpha value is -3.59. The van der Waals surface area contributed by atoms with Crippen LogP contribution in [0.25, 0.3) is 27.1 Å². The average Bonchev–Trinajstić information content (AvgIpc) is 3.23. The molecule has 1 aliphatic heterocycles. The van der Waals surface area contributed by atoms with Crippen molar-refractivity contribution in [2.75, 3.05) is 6.54 Å². The van der Waals surface area contributed by atoms with Crippen molar-refractivity contribution in [3.05, 3.63) is 102 Å². The van der Waals surface area contributed by atoms with Gasteiger partial charge in [0, 0.05) is 0 Å². The standard InChI is InChI=1S/C29H27NO2/c1-29(2,3)32-28(31)30-19-26(24-14-12-20-8-4-6-10-22(20)16-24)18-27(30)25-15-13-21-9-5-7-11-23(21)17-25/h4-18,27H,19H2,1-3H3. The Morgan fingerprint density at radius 2 is 1.41 bits per heavy atom. The van der Waals surface area contributed by atoms with Gasteiger partial charge in [-0.15, -0.1) is 0 Å². The molecule has 0 aliphatic carbocycles. The third-order valence-electron chi connectivity index (χ3n) is 5.90. The number of hydrogen-bond acceptors (Lipinski definition) is 2. The maximum absolute atomic E-state index is 13.2. The molecule has 32 heavy (non-hydrogen) atoms. The fourth-order valence-corrected chi connectivity index (χ4v) is 4.36. The summed E-state index contributed by atoms with van der Waals surface area (Å²) >= 11 is 0. The number of rotatable bonds is 2. The quantitative estimate of drug-likeness (QED) is 0.338. The van der Waals surface area contributed by atoms with Crippen LogP contribution in [0.2, 0.25) is 0 Å². The van der Waals surface area contributed by atoms with Gasteiger partial charge in [-0.25, -0.2) is 4.79 Å². The minimum absolute atomic E-state index is 0.170. The van der Waals surface area contributed by atoms with E-state index in [1.165, 1.54) is 21.5 Å². The van der Waals surface area contributed by atoms with E-state index >= 15 is 0 Å². The number of nitrogens with zero attached hydrogens (tertiary/aromatic N) is 1. The molecule has 5 rings (SSSR count). The number of carbonyl (C=O) groups is 1. The van der Waals surface area contributed by atoms with Gasteiger partial charge in [0.25, 0.3) is 0 Å². The Morgan fingerprint density at radius 3 is 2.06 bits per heavy atom. The van der Waals surface area contributed by atoms with Gasteiger partial charge < -0.3 is 4.74 Å². The second kappa shape index (κ2) is 7.83. The lowest BCUT2D eigenvalue weighted by molar-refractivity contribution is 0.0242. The van der Waals surface area contributed by atoms with Gasteiger partial charge in [0.2, 0.25) is 0 Å². The molecular weight excluding hydrogens is 394 g/mol. The first kappa shape index (κ1) is 20.3. The molecule has 0 N–H and O–H groups in total. The summed E-state index contributed by atoms with van der Waals surface area (Å²) in [6, 6.07) is 29.4. The monoisotopic (exact) mass is 421 g/mol. The summed E-state index contributed by atoms with van der Waals surface area (Å²) in [5, 5.41) is 4.77. The number of hydrogen-bond donors (Lipinski definition) is 0. The molecule has 1 aliphatic rings.